The largest absolute Gasteiger partial charge is 0.507 e. The van der Waals surface area contributed by atoms with Crippen molar-refractivity contribution in [2.45, 2.75) is 6.92 Å². The number of ether oxygens (including phenoxy) is 2. The van der Waals surface area contributed by atoms with Crippen LogP contribution in [0, 0.1) is 0 Å². The van der Waals surface area contributed by atoms with Gasteiger partial charge in [-0.2, -0.15) is 0 Å². The highest BCUT2D eigenvalue weighted by atomic mass is 16.5. The summed E-state index contributed by atoms with van der Waals surface area (Å²) in [6.45, 7) is 2.05. The van der Waals surface area contributed by atoms with Crippen molar-refractivity contribution in [2.75, 3.05) is 13.7 Å². The summed E-state index contributed by atoms with van der Waals surface area (Å²) in [6, 6.07) is 8.37. The van der Waals surface area contributed by atoms with E-state index in [9.17, 15) is 9.90 Å². The molecule has 0 aliphatic carbocycles. The molecule has 0 bridgehead atoms. The number of rotatable bonds is 3. The zero-order valence-electron chi connectivity index (χ0n) is 10.3. The molecule has 4 heteroatoms. The lowest BCUT2D eigenvalue weighted by molar-refractivity contribution is 0.0526. The van der Waals surface area contributed by atoms with Gasteiger partial charge in [-0.25, -0.2) is 4.79 Å². The first-order valence-electron chi connectivity index (χ1n) is 5.63. The van der Waals surface area contributed by atoms with Gasteiger partial charge in [0.1, 0.15) is 11.5 Å². The molecule has 0 saturated heterocycles. The average molecular weight is 246 g/mol. The van der Waals surface area contributed by atoms with Crippen LogP contribution in [-0.2, 0) is 4.74 Å². The maximum atomic E-state index is 11.6. The predicted octanol–water partition coefficient (Wildman–Crippen LogP) is 2.73. The number of aromatic hydroxyl groups is 1. The highest BCUT2D eigenvalue weighted by Crippen LogP contribution is 2.30. The van der Waals surface area contributed by atoms with E-state index in [2.05, 4.69) is 0 Å². The Morgan fingerprint density at radius 2 is 2.06 bits per heavy atom. The van der Waals surface area contributed by atoms with Crippen molar-refractivity contribution in [2.24, 2.45) is 0 Å². The predicted molar refractivity (Wildman–Crippen MR) is 68.1 cm³/mol. The van der Waals surface area contributed by atoms with E-state index in [4.69, 9.17) is 9.47 Å². The first-order valence-corrected chi connectivity index (χ1v) is 5.63. The Kier molecular flexibility index (Phi) is 3.37. The molecule has 0 atom stereocenters. The van der Waals surface area contributed by atoms with Crippen LogP contribution in [0.2, 0.25) is 0 Å². The van der Waals surface area contributed by atoms with E-state index in [1.54, 1.807) is 38.3 Å². The molecule has 2 rings (SSSR count). The van der Waals surface area contributed by atoms with E-state index in [0.717, 1.165) is 5.39 Å². The van der Waals surface area contributed by atoms with Crippen LogP contribution in [0.15, 0.2) is 30.3 Å². The van der Waals surface area contributed by atoms with Crippen LogP contribution in [0.4, 0.5) is 0 Å². The Morgan fingerprint density at radius 1 is 1.28 bits per heavy atom. The van der Waals surface area contributed by atoms with Gasteiger partial charge in [0.15, 0.2) is 0 Å². The molecule has 0 radical (unpaired) electrons. The van der Waals surface area contributed by atoms with Gasteiger partial charge in [-0.3, -0.25) is 0 Å². The minimum atomic E-state index is -0.439. The molecule has 0 unspecified atom stereocenters. The van der Waals surface area contributed by atoms with E-state index >= 15 is 0 Å². The third-order valence-corrected chi connectivity index (χ3v) is 2.65. The zero-order valence-corrected chi connectivity index (χ0v) is 10.3. The first kappa shape index (κ1) is 12.2. The summed E-state index contributed by atoms with van der Waals surface area (Å²) in [7, 11) is 1.56. The Bertz CT molecular complexity index is 590. The van der Waals surface area contributed by atoms with Crippen molar-refractivity contribution < 1.29 is 19.4 Å². The SMILES string of the molecule is CCOC(=O)c1cc(O)c2cc(OC)ccc2c1. The van der Waals surface area contributed by atoms with Crippen LogP contribution >= 0.6 is 0 Å². The van der Waals surface area contributed by atoms with Gasteiger partial charge in [0.05, 0.1) is 19.3 Å². The number of carbonyl (C=O) groups excluding carboxylic acids is 1. The summed E-state index contributed by atoms with van der Waals surface area (Å²) in [5.41, 5.74) is 0.340. The summed E-state index contributed by atoms with van der Waals surface area (Å²) in [5.74, 6) is 0.252. The minimum absolute atomic E-state index is 0.0365. The number of benzene rings is 2. The van der Waals surface area contributed by atoms with Gasteiger partial charge in [0.2, 0.25) is 0 Å². The van der Waals surface area contributed by atoms with Crippen molar-refractivity contribution >= 4 is 16.7 Å². The molecule has 1 N–H and O–H groups in total. The third-order valence-electron chi connectivity index (χ3n) is 2.65. The normalized spacial score (nSPS) is 10.3. The Morgan fingerprint density at radius 3 is 2.72 bits per heavy atom. The number of phenols is 1. The summed E-state index contributed by atoms with van der Waals surface area (Å²) in [4.78, 5) is 11.6. The number of phenolic OH excluding ortho intramolecular Hbond substituents is 1. The number of methoxy groups -OCH3 is 1. The van der Waals surface area contributed by atoms with E-state index < -0.39 is 5.97 Å². The third kappa shape index (κ3) is 2.22. The quantitative estimate of drug-likeness (QED) is 0.846. The molecule has 2 aromatic rings. The Hall–Kier alpha value is -2.23. The molecule has 94 valence electrons. The molecule has 0 aliphatic heterocycles. The molecule has 0 heterocycles. The van der Waals surface area contributed by atoms with Crippen LogP contribution in [0.1, 0.15) is 17.3 Å². The highest BCUT2D eigenvalue weighted by Gasteiger charge is 2.11. The summed E-state index contributed by atoms with van der Waals surface area (Å²) in [6.07, 6.45) is 0. The molecule has 0 amide bonds. The van der Waals surface area contributed by atoms with Gasteiger partial charge in [-0.1, -0.05) is 6.07 Å². The average Bonchev–Trinajstić information content (AvgIpc) is 2.38. The van der Waals surface area contributed by atoms with Gasteiger partial charge < -0.3 is 14.6 Å². The summed E-state index contributed by atoms with van der Waals surface area (Å²) < 4.78 is 9.99. The molecule has 0 aromatic heterocycles. The molecule has 0 aliphatic rings. The topological polar surface area (TPSA) is 55.8 Å². The lowest BCUT2D eigenvalue weighted by Crippen LogP contribution is -2.04. The maximum absolute atomic E-state index is 11.6. The Labute approximate surface area is 105 Å². The lowest BCUT2D eigenvalue weighted by atomic mass is 10.1. The molecular weight excluding hydrogens is 232 g/mol. The van der Waals surface area contributed by atoms with Crippen molar-refractivity contribution in [3.8, 4) is 11.5 Å². The van der Waals surface area contributed by atoms with Gasteiger partial charge in [-0.15, -0.1) is 0 Å². The lowest BCUT2D eigenvalue weighted by Gasteiger charge is -2.07. The van der Waals surface area contributed by atoms with E-state index in [-0.39, 0.29) is 5.75 Å². The van der Waals surface area contributed by atoms with Gasteiger partial charge in [0.25, 0.3) is 0 Å². The number of fused-ring (bicyclic) bond motifs is 1. The molecule has 4 nitrogen and oxygen atoms in total. The highest BCUT2D eigenvalue weighted by molar-refractivity contribution is 5.98. The standard InChI is InChI=1S/C14H14O4/c1-3-18-14(16)10-6-9-4-5-11(17-2)8-12(9)13(15)7-10/h4-8,15H,3H2,1-2H3. The van der Waals surface area contributed by atoms with Crippen LogP contribution < -0.4 is 4.74 Å². The summed E-state index contributed by atoms with van der Waals surface area (Å²) >= 11 is 0. The van der Waals surface area contributed by atoms with Crippen molar-refractivity contribution in [1.82, 2.24) is 0 Å². The number of hydrogen-bond donors (Lipinski definition) is 1. The van der Waals surface area contributed by atoms with Crippen LogP contribution in [0.5, 0.6) is 11.5 Å². The van der Waals surface area contributed by atoms with E-state index in [1.165, 1.54) is 6.07 Å². The maximum Gasteiger partial charge on any atom is 0.338 e. The first-order chi connectivity index (χ1) is 8.65. The van der Waals surface area contributed by atoms with Crippen LogP contribution in [0.25, 0.3) is 10.8 Å². The van der Waals surface area contributed by atoms with Gasteiger partial charge in [-0.05, 0) is 36.6 Å². The second-order valence-corrected chi connectivity index (χ2v) is 3.80. The molecular formula is C14H14O4. The number of carbonyl (C=O) groups is 1. The number of esters is 1. The van der Waals surface area contributed by atoms with E-state index in [0.29, 0.717) is 23.3 Å². The van der Waals surface area contributed by atoms with Crippen LogP contribution in [-0.4, -0.2) is 24.8 Å². The fourth-order valence-electron chi connectivity index (χ4n) is 1.78. The summed E-state index contributed by atoms with van der Waals surface area (Å²) in [5, 5.41) is 11.3. The molecule has 0 saturated carbocycles. The smallest absolute Gasteiger partial charge is 0.338 e. The number of hydrogen-bond acceptors (Lipinski definition) is 4. The molecule has 0 spiro atoms. The molecule has 0 fully saturated rings. The van der Waals surface area contributed by atoms with Crippen molar-refractivity contribution in [3.63, 3.8) is 0 Å². The second-order valence-electron chi connectivity index (χ2n) is 3.80. The molecule has 2 aromatic carbocycles. The van der Waals surface area contributed by atoms with Gasteiger partial charge in [0, 0.05) is 5.39 Å². The van der Waals surface area contributed by atoms with Crippen LogP contribution in [0.3, 0.4) is 0 Å². The zero-order chi connectivity index (χ0) is 13.1. The second kappa shape index (κ2) is 4.96. The van der Waals surface area contributed by atoms with Gasteiger partial charge >= 0.3 is 5.97 Å². The minimum Gasteiger partial charge on any atom is -0.507 e. The van der Waals surface area contributed by atoms with Crippen molar-refractivity contribution in [3.05, 3.63) is 35.9 Å². The monoisotopic (exact) mass is 246 g/mol. The van der Waals surface area contributed by atoms with E-state index in [1.807, 2.05) is 0 Å². The Balaban J connectivity index is 2.53. The molecule has 18 heavy (non-hydrogen) atoms. The fourth-order valence-corrected chi connectivity index (χ4v) is 1.78. The van der Waals surface area contributed by atoms with Crippen molar-refractivity contribution in [1.29, 1.82) is 0 Å². The fraction of sp³-hybridized carbons (Fsp3) is 0.214.